The van der Waals surface area contributed by atoms with Crippen LogP contribution in [0, 0.1) is 6.92 Å². The van der Waals surface area contributed by atoms with Gasteiger partial charge >= 0.3 is 0 Å². The van der Waals surface area contributed by atoms with E-state index in [2.05, 4.69) is 14.1 Å². The number of hydrogen-bond donors (Lipinski definition) is 1. The highest BCUT2D eigenvalue weighted by Crippen LogP contribution is 2.17. The number of hydrogen-bond acceptors (Lipinski definition) is 7. The molecule has 3 rings (SSSR count). The van der Waals surface area contributed by atoms with E-state index in [1.54, 1.807) is 24.3 Å². The number of ether oxygens (including phenoxy) is 1. The molecule has 0 radical (unpaired) electrons. The lowest BCUT2D eigenvalue weighted by Crippen LogP contribution is -2.35. The van der Waals surface area contributed by atoms with Crippen LogP contribution in [0.4, 0.5) is 0 Å². The summed E-state index contributed by atoms with van der Waals surface area (Å²) in [5, 5.41) is 2.76. The summed E-state index contributed by atoms with van der Waals surface area (Å²) in [5.74, 6) is 0.385. The standard InChI is InChI=1S/C15H17N3O4S2/c1-10-14(18-23-17-10)8-22-13-4-2-3-11(7-13)15(19)16-12-5-6-24(20,21)9-12/h2-4,7,12H,5-6,8-9H2,1H3,(H,16,19). The Morgan fingerprint density at radius 2 is 2.25 bits per heavy atom. The topological polar surface area (TPSA) is 98.2 Å². The lowest BCUT2D eigenvalue weighted by atomic mass is 10.1. The second-order valence-electron chi connectivity index (χ2n) is 5.69. The number of amides is 1. The summed E-state index contributed by atoms with van der Waals surface area (Å²) in [7, 11) is -3.02. The van der Waals surface area contributed by atoms with Crippen molar-refractivity contribution in [2.24, 2.45) is 0 Å². The predicted octanol–water partition coefficient (Wildman–Crippen LogP) is 1.34. The third-order valence-corrected chi connectivity index (χ3v) is 6.21. The van der Waals surface area contributed by atoms with Crippen LogP contribution in [0.1, 0.15) is 28.2 Å². The van der Waals surface area contributed by atoms with Crippen LogP contribution >= 0.6 is 11.7 Å². The molecule has 1 aromatic carbocycles. The molecule has 1 amide bonds. The minimum Gasteiger partial charge on any atom is -0.487 e. The van der Waals surface area contributed by atoms with E-state index in [-0.39, 0.29) is 30.1 Å². The predicted molar refractivity (Wildman–Crippen MR) is 89.9 cm³/mol. The molecule has 9 heteroatoms. The molecule has 2 aromatic rings. The van der Waals surface area contributed by atoms with Crippen molar-refractivity contribution >= 4 is 27.5 Å². The number of carbonyl (C=O) groups is 1. The zero-order valence-electron chi connectivity index (χ0n) is 13.1. The fourth-order valence-electron chi connectivity index (χ4n) is 2.44. The highest BCUT2D eigenvalue weighted by atomic mass is 32.2. The Hall–Kier alpha value is -2.00. The van der Waals surface area contributed by atoms with Gasteiger partial charge in [0.2, 0.25) is 0 Å². The largest absolute Gasteiger partial charge is 0.487 e. The summed E-state index contributed by atoms with van der Waals surface area (Å²) >= 11 is 1.13. The van der Waals surface area contributed by atoms with Crippen molar-refractivity contribution in [1.29, 1.82) is 0 Å². The highest BCUT2D eigenvalue weighted by Gasteiger charge is 2.29. The summed E-state index contributed by atoms with van der Waals surface area (Å²) in [6.45, 7) is 2.15. The third kappa shape index (κ3) is 4.09. The molecule has 1 atom stereocenters. The maximum absolute atomic E-state index is 12.3. The van der Waals surface area contributed by atoms with Crippen LogP contribution in [0.5, 0.6) is 5.75 Å². The molecule has 0 aliphatic carbocycles. The quantitative estimate of drug-likeness (QED) is 0.856. The summed E-state index contributed by atoms with van der Waals surface area (Å²) in [5.41, 5.74) is 2.03. The molecule has 1 saturated heterocycles. The Bertz CT molecular complexity index is 848. The first-order chi connectivity index (χ1) is 11.4. The number of nitrogens with zero attached hydrogens (tertiary/aromatic N) is 2. The molecule has 24 heavy (non-hydrogen) atoms. The van der Waals surface area contributed by atoms with Gasteiger partial charge in [0.15, 0.2) is 9.84 Å². The maximum Gasteiger partial charge on any atom is 0.251 e. The monoisotopic (exact) mass is 367 g/mol. The molecule has 0 spiro atoms. The van der Waals surface area contributed by atoms with Gasteiger partial charge in [-0.2, -0.15) is 8.75 Å². The van der Waals surface area contributed by atoms with E-state index in [4.69, 9.17) is 4.74 Å². The number of nitrogens with one attached hydrogen (secondary N) is 1. The van der Waals surface area contributed by atoms with Gasteiger partial charge in [0.05, 0.1) is 28.9 Å². The minimum atomic E-state index is -3.02. The second-order valence-corrected chi connectivity index (χ2v) is 8.44. The van der Waals surface area contributed by atoms with E-state index >= 15 is 0 Å². The number of aromatic nitrogens is 2. The number of sulfone groups is 1. The summed E-state index contributed by atoms with van der Waals surface area (Å²) in [6.07, 6.45) is 0.459. The van der Waals surface area contributed by atoms with E-state index in [9.17, 15) is 13.2 Å². The highest BCUT2D eigenvalue weighted by molar-refractivity contribution is 7.91. The van der Waals surface area contributed by atoms with Crippen LogP contribution < -0.4 is 10.1 Å². The number of benzene rings is 1. The second kappa shape index (κ2) is 6.86. The zero-order chi connectivity index (χ0) is 17.2. The van der Waals surface area contributed by atoms with Crippen molar-refractivity contribution < 1.29 is 17.9 Å². The average Bonchev–Trinajstić information content (AvgIpc) is 3.10. The molecule has 1 fully saturated rings. The van der Waals surface area contributed by atoms with Crippen LogP contribution in [0.3, 0.4) is 0 Å². The van der Waals surface area contributed by atoms with Gasteiger partial charge in [-0.25, -0.2) is 8.42 Å². The Kier molecular flexibility index (Phi) is 4.81. The van der Waals surface area contributed by atoms with Crippen molar-refractivity contribution in [2.45, 2.75) is 26.0 Å². The van der Waals surface area contributed by atoms with Crippen LogP contribution in [-0.4, -0.2) is 40.6 Å². The number of rotatable bonds is 5. The van der Waals surface area contributed by atoms with Crippen molar-refractivity contribution in [3.63, 3.8) is 0 Å². The van der Waals surface area contributed by atoms with Crippen LogP contribution in [0.15, 0.2) is 24.3 Å². The third-order valence-electron chi connectivity index (χ3n) is 3.79. The van der Waals surface area contributed by atoms with Gasteiger partial charge in [0.1, 0.15) is 18.1 Å². The molecule has 1 aromatic heterocycles. The fraction of sp³-hybridized carbons (Fsp3) is 0.400. The molecule has 1 aliphatic rings. The molecule has 1 N–H and O–H groups in total. The van der Waals surface area contributed by atoms with Crippen molar-refractivity contribution in [1.82, 2.24) is 14.1 Å². The van der Waals surface area contributed by atoms with Crippen molar-refractivity contribution in [2.75, 3.05) is 11.5 Å². The van der Waals surface area contributed by atoms with E-state index in [1.807, 2.05) is 6.92 Å². The van der Waals surface area contributed by atoms with Gasteiger partial charge in [0.25, 0.3) is 5.91 Å². The van der Waals surface area contributed by atoms with Crippen LogP contribution in [-0.2, 0) is 16.4 Å². The lowest BCUT2D eigenvalue weighted by Gasteiger charge is -2.12. The average molecular weight is 367 g/mol. The fourth-order valence-corrected chi connectivity index (χ4v) is 4.66. The first-order valence-electron chi connectivity index (χ1n) is 7.45. The zero-order valence-corrected chi connectivity index (χ0v) is 14.7. The summed E-state index contributed by atoms with van der Waals surface area (Å²) < 4.78 is 36.8. The van der Waals surface area contributed by atoms with Crippen molar-refractivity contribution in [3.8, 4) is 5.75 Å². The first kappa shape index (κ1) is 16.8. The van der Waals surface area contributed by atoms with Crippen molar-refractivity contribution in [3.05, 3.63) is 41.2 Å². The Morgan fingerprint density at radius 1 is 1.42 bits per heavy atom. The summed E-state index contributed by atoms with van der Waals surface area (Å²) in [6, 6.07) is 6.46. The lowest BCUT2D eigenvalue weighted by molar-refractivity contribution is 0.0940. The normalized spacial score (nSPS) is 19.1. The molecule has 1 unspecified atom stereocenters. The molecular formula is C15H17N3O4S2. The SMILES string of the molecule is Cc1nsnc1COc1cccc(C(=O)NC2CCS(=O)(=O)C2)c1. The molecule has 128 valence electrons. The first-order valence-corrected chi connectivity index (χ1v) is 10.0. The van der Waals surface area contributed by atoms with Gasteiger partial charge in [-0.15, -0.1) is 0 Å². The number of aryl methyl sites for hydroxylation is 1. The van der Waals surface area contributed by atoms with E-state index in [0.29, 0.717) is 17.7 Å². The van der Waals surface area contributed by atoms with E-state index in [1.165, 1.54) is 0 Å². The molecule has 1 aliphatic heterocycles. The Balaban J connectivity index is 1.62. The van der Waals surface area contributed by atoms with Gasteiger partial charge in [-0.05, 0) is 31.5 Å². The molecule has 0 bridgehead atoms. The molecule has 2 heterocycles. The number of carbonyl (C=O) groups excluding carboxylic acids is 1. The van der Waals surface area contributed by atoms with Crippen LogP contribution in [0.25, 0.3) is 0 Å². The maximum atomic E-state index is 12.3. The molecule has 7 nitrogen and oxygen atoms in total. The van der Waals surface area contributed by atoms with E-state index < -0.39 is 9.84 Å². The minimum absolute atomic E-state index is 0.00499. The summed E-state index contributed by atoms with van der Waals surface area (Å²) in [4.78, 5) is 12.3. The molecular weight excluding hydrogens is 350 g/mol. The van der Waals surface area contributed by atoms with Gasteiger partial charge in [-0.3, -0.25) is 4.79 Å². The van der Waals surface area contributed by atoms with Gasteiger partial charge in [-0.1, -0.05) is 6.07 Å². The van der Waals surface area contributed by atoms with Gasteiger partial charge in [0, 0.05) is 11.6 Å². The van der Waals surface area contributed by atoms with Gasteiger partial charge < -0.3 is 10.1 Å². The van der Waals surface area contributed by atoms with E-state index in [0.717, 1.165) is 23.1 Å². The molecule has 0 saturated carbocycles. The Labute approximate surface area is 144 Å². The Morgan fingerprint density at radius 3 is 2.92 bits per heavy atom. The smallest absolute Gasteiger partial charge is 0.251 e. The van der Waals surface area contributed by atoms with Crippen LogP contribution in [0.2, 0.25) is 0 Å².